The van der Waals surface area contributed by atoms with E-state index in [2.05, 4.69) is 4.72 Å². The molecule has 0 spiro atoms. The summed E-state index contributed by atoms with van der Waals surface area (Å²) in [6.45, 7) is 2.03. The van der Waals surface area contributed by atoms with Gasteiger partial charge >= 0.3 is 0 Å². The molecule has 0 unspecified atom stereocenters. The third kappa shape index (κ3) is 4.37. The summed E-state index contributed by atoms with van der Waals surface area (Å²) in [7, 11) is -2.22. The smallest absolute Gasteiger partial charge is 0.258 e. The van der Waals surface area contributed by atoms with Crippen molar-refractivity contribution in [3.05, 3.63) is 89.2 Å². The van der Waals surface area contributed by atoms with Crippen molar-refractivity contribution in [2.45, 2.75) is 30.8 Å². The number of benzene rings is 3. The van der Waals surface area contributed by atoms with Crippen LogP contribution in [-0.2, 0) is 23.0 Å². The molecule has 1 atom stereocenters. The Morgan fingerprint density at radius 2 is 1.78 bits per heavy atom. The van der Waals surface area contributed by atoms with Crippen LogP contribution in [0.4, 0.5) is 10.1 Å². The summed E-state index contributed by atoms with van der Waals surface area (Å²) in [5.74, 6) is 0.0494. The number of hydrogen-bond donors (Lipinski definition) is 1. The van der Waals surface area contributed by atoms with Gasteiger partial charge in [0.2, 0.25) is 10.0 Å². The summed E-state index contributed by atoms with van der Waals surface area (Å²) >= 11 is 0. The van der Waals surface area contributed by atoms with Crippen molar-refractivity contribution in [1.29, 1.82) is 0 Å². The van der Waals surface area contributed by atoms with Gasteiger partial charge in [-0.2, -0.15) is 0 Å². The lowest BCUT2D eigenvalue weighted by molar-refractivity contribution is 0.0981. The van der Waals surface area contributed by atoms with Gasteiger partial charge in [0.15, 0.2) is 0 Å². The molecule has 1 heterocycles. The topological polar surface area (TPSA) is 75.7 Å². The van der Waals surface area contributed by atoms with Gasteiger partial charge in [-0.1, -0.05) is 12.1 Å². The summed E-state index contributed by atoms with van der Waals surface area (Å²) in [5, 5.41) is 0. The van der Waals surface area contributed by atoms with E-state index in [9.17, 15) is 17.6 Å². The van der Waals surface area contributed by atoms with Crippen LogP contribution < -0.4 is 14.4 Å². The largest absolute Gasteiger partial charge is 0.497 e. The van der Waals surface area contributed by atoms with Crippen molar-refractivity contribution >= 4 is 21.6 Å². The molecule has 4 rings (SSSR count). The monoisotopic (exact) mass is 454 g/mol. The second-order valence-electron chi connectivity index (χ2n) is 7.70. The summed E-state index contributed by atoms with van der Waals surface area (Å²) in [6.07, 6.45) is 0.721. The molecule has 0 saturated heterocycles. The minimum Gasteiger partial charge on any atom is -0.497 e. The number of hydrogen-bond acceptors (Lipinski definition) is 4. The van der Waals surface area contributed by atoms with E-state index in [-0.39, 0.29) is 23.4 Å². The first-order valence-electron chi connectivity index (χ1n) is 10.1. The number of amides is 1. The van der Waals surface area contributed by atoms with Crippen LogP contribution in [0.15, 0.2) is 71.6 Å². The predicted octanol–water partition coefficient (Wildman–Crippen LogP) is 3.90. The summed E-state index contributed by atoms with van der Waals surface area (Å²) in [4.78, 5) is 14.9. The van der Waals surface area contributed by atoms with Gasteiger partial charge in [0.05, 0.1) is 12.0 Å². The quantitative estimate of drug-likeness (QED) is 0.613. The van der Waals surface area contributed by atoms with E-state index in [4.69, 9.17) is 4.74 Å². The summed E-state index contributed by atoms with van der Waals surface area (Å²) in [6, 6.07) is 17.2. The third-order valence-electron chi connectivity index (χ3n) is 5.51. The Labute approximate surface area is 186 Å². The van der Waals surface area contributed by atoms with Gasteiger partial charge in [0.25, 0.3) is 5.91 Å². The number of nitrogens with one attached hydrogen (secondary N) is 1. The van der Waals surface area contributed by atoms with E-state index in [0.29, 0.717) is 11.3 Å². The van der Waals surface area contributed by atoms with Crippen molar-refractivity contribution < 1.29 is 22.3 Å². The van der Waals surface area contributed by atoms with E-state index >= 15 is 0 Å². The molecule has 0 radical (unpaired) electrons. The second kappa shape index (κ2) is 8.72. The molecule has 6 nitrogen and oxygen atoms in total. The van der Waals surface area contributed by atoms with Crippen LogP contribution in [0, 0.1) is 5.82 Å². The zero-order chi connectivity index (χ0) is 22.9. The average Bonchev–Trinajstić information content (AvgIpc) is 3.12. The van der Waals surface area contributed by atoms with Gasteiger partial charge in [0.1, 0.15) is 11.6 Å². The Balaban J connectivity index is 1.55. The van der Waals surface area contributed by atoms with Crippen LogP contribution in [0.1, 0.15) is 28.4 Å². The molecule has 0 aliphatic carbocycles. The first-order chi connectivity index (χ1) is 15.3. The van der Waals surface area contributed by atoms with Gasteiger partial charge in [-0.05, 0) is 79.1 Å². The molecule has 1 aliphatic heterocycles. The van der Waals surface area contributed by atoms with Gasteiger partial charge in [-0.25, -0.2) is 17.5 Å². The highest BCUT2D eigenvalue weighted by Crippen LogP contribution is 2.34. The van der Waals surface area contributed by atoms with Crippen LogP contribution in [0.5, 0.6) is 5.75 Å². The molecular weight excluding hydrogens is 431 g/mol. The molecule has 32 heavy (non-hydrogen) atoms. The lowest BCUT2D eigenvalue weighted by Gasteiger charge is -2.23. The summed E-state index contributed by atoms with van der Waals surface area (Å²) < 4.78 is 45.8. The molecule has 1 N–H and O–H groups in total. The number of nitrogens with zero attached hydrogens (tertiary/aromatic N) is 1. The first kappa shape index (κ1) is 22.0. The lowest BCUT2D eigenvalue weighted by Crippen LogP contribution is -2.35. The van der Waals surface area contributed by atoms with Crippen LogP contribution in [-0.4, -0.2) is 27.5 Å². The van der Waals surface area contributed by atoms with Crippen LogP contribution in [0.3, 0.4) is 0 Å². The van der Waals surface area contributed by atoms with Gasteiger partial charge in [0, 0.05) is 23.8 Å². The molecule has 8 heteroatoms. The second-order valence-corrected chi connectivity index (χ2v) is 9.47. The molecular formula is C24H23FN2O4S. The van der Waals surface area contributed by atoms with Crippen LogP contribution in [0.25, 0.3) is 0 Å². The first-order valence-corrected chi connectivity index (χ1v) is 11.6. The number of ether oxygens (including phenoxy) is 1. The van der Waals surface area contributed by atoms with Crippen molar-refractivity contribution in [2.24, 2.45) is 0 Å². The molecule has 0 bridgehead atoms. The van der Waals surface area contributed by atoms with E-state index in [1.807, 2.05) is 25.1 Å². The standard InChI is InChI=1S/C24H23FN2O4S/c1-16-13-19-4-3-17(15-26-32(29,30)22-11-7-20(25)8-12-22)14-23(19)27(16)24(28)18-5-9-21(31-2)10-6-18/h3-12,14,16,26H,13,15H2,1-2H3/t16-/m0/s1. The SMILES string of the molecule is COc1ccc(C(=O)N2c3cc(CNS(=O)(=O)c4ccc(F)cc4)ccc3C[C@@H]2C)cc1. The minimum atomic E-state index is -3.79. The van der Waals surface area contributed by atoms with Gasteiger partial charge in [-0.15, -0.1) is 0 Å². The van der Waals surface area contributed by atoms with Gasteiger partial charge < -0.3 is 9.64 Å². The molecule has 0 saturated carbocycles. The predicted molar refractivity (Wildman–Crippen MR) is 120 cm³/mol. The maximum Gasteiger partial charge on any atom is 0.258 e. The van der Waals surface area contributed by atoms with E-state index < -0.39 is 15.8 Å². The number of methoxy groups -OCH3 is 1. The highest BCUT2D eigenvalue weighted by atomic mass is 32.2. The minimum absolute atomic E-state index is 0.00927. The Morgan fingerprint density at radius 3 is 2.44 bits per heavy atom. The fourth-order valence-electron chi connectivity index (χ4n) is 3.82. The number of rotatable bonds is 6. The Hall–Kier alpha value is -3.23. The molecule has 0 aromatic heterocycles. The zero-order valence-corrected chi connectivity index (χ0v) is 18.5. The highest BCUT2D eigenvalue weighted by molar-refractivity contribution is 7.89. The fourth-order valence-corrected chi connectivity index (χ4v) is 4.84. The number of carbonyl (C=O) groups excluding carboxylic acids is 1. The maximum absolute atomic E-state index is 13.2. The van der Waals surface area contributed by atoms with Gasteiger partial charge in [-0.3, -0.25) is 4.79 Å². The van der Waals surface area contributed by atoms with Crippen molar-refractivity contribution in [1.82, 2.24) is 4.72 Å². The number of fused-ring (bicyclic) bond motifs is 1. The lowest BCUT2D eigenvalue weighted by atomic mass is 10.1. The van der Waals surface area contributed by atoms with Crippen molar-refractivity contribution in [3.63, 3.8) is 0 Å². The van der Waals surface area contributed by atoms with E-state index in [1.165, 1.54) is 12.1 Å². The Bertz CT molecular complexity index is 1240. The van der Waals surface area contributed by atoms with E-state index in [1.54, 1.807) is 36.3 Å². The average molecular weight is 455 g/mol. The maximum atomic E-state index is 13.2. The fraction of sp³-hybridized carbons (Fsp3) is 0.208. The number of sulfonamides is 1. The van der Waals surface area contributed by atoms with Crippen LogP contribution in [0.2, 0.25) is 0 Å². The Morgan fingerprint density at radius 1 is 1.09 bits per heavy atom. The van der Waals surface area contributed by atoms with E-state index in [0.717, 1.165) is 35.4 Å². The molecule has 1 aliphatic rings. The number of anilines is 1. The number of halogens is 1. The summed E-state index contributed by atoms with van der Waals surface area (Å²) in [5.41, 5.74) is 3.07. The molecule has 1 amide bonds. The number of carbonyl (C=O) groups is 1. The van der Waals surface area contributed by atoms with Crippen molar-refractivity contribution in [3.8, 4) is 5.75 Å². The zero-order valence-electron chi connectivity index (χ0n) is 17.7. The molecule has 3 aromatic carbocycles. The highest BCUT2D eigenvalue weighted by Gasteiger charge is 2.31. The molecule has 166 valence electrons. The molecule has 0 fully saturated rings. The van der Waals surface area contributed by atoms with Crippen molar-refractivity contribution in [2.75, 3.05) is 12.0 Å². The van der Waals surface area contributed by atoms with Crippen LogP contribution >= 0.6 is 0 Å². The Kier molecular flexibility index (Phi) is 5.99. The third-order valence-corrected chi connectivity index (χ3v) is 6.93. The normalized spacial score (nSPS) is 15.5. The molecule has 3 aromatic rings.